The summed E-state index contributed by atoms with van der Waals surface area (Å²) in [6.45, 7) is 4.95. The lowest BCUT2D eigenvalue weighted by molar-refractivity contribution is -0.143. The number of amides is 1. The van der Waals surface area contributed by atoms with E-state index in [1.54, 1.807) is 0 Å². The normalized spacial score (nSPS) is 12.6. The number of carbonyl (C=O) groups excluding carboxylic acids is 2. The molecular weight excluding hydrogens is 803 g/mol. The minimum absolute atomic E-state index is 0.00243. The number of allylic oxidation sites excluding steroid dienone is 2. The first-order chi connectivity index (χ1) is 32.0. The molecule has 0 saturated heterocycles. The summed E-state index contributed by atoms with van der Waals surface area (Å²) in [5.41, 5.74) is 0. The van der Waals surface area contributed by atoms with Crippen LogP contribution in [0.4, 0.5) is 0 Å². The number of carbonyl (C=O) groups is 2. The highest BCUT2D eigenvalue weighted by Gasteiger charge is 2.20. The van der Waals surface area contributed by atoms with Gasteiger partial charge in [-0.1, -0.05) is 276 Å². The van der Waals surface area contributed by atoms with Gasteiger partial charge in [-0.25, -0.2) is 0 Å². The minimum Gasteiger partial charge on any atom is -0.466 e. The molecule has 3 N–H and O–H groups in total. The van der Waals surface area contributed by atoms with Gasteiger partial charge in [0.25, 0.3) is 0 Å². The molecule has 0 aromatic carbocycles. The molecule has 6 heteroatoms. The molecule has 0 aliphatic carbocycles. The molecule has 0 fully saturated rings. The van der Waals surface area contributed by atoms with Crippen LogP contribution in [0, 0.1) is 0 Å². The van der Waals surface area contributed by atoms with Crippen molar-refractivity contribution < 1.29 is 24.5 Å². The number of nitrogens with one attached hydrogen (secondary N) is 1. The van der Waals surface area contributed by atoms with Crippen molar-refractivity contribution in [1.29, 1.82) is 0 Å². The second kappa shape index (κ2) is 55.2. The molecule has 0 bridgehead atoms. The number of unbranched alkanes of at least 4 members (excludes halogenated alkanes) is 42. The van der Waals surface area contributed by atoms with Crippen LogP contribution in [0.3, 0.4) is 0 Å². The Labute approximate surface area is 406 Å². The van der Waals surface area contributed by atoms with Crippen LogP contribution in [0.15, 0.2) is 12.2 Å². The van der Waals surface area contributed by atoms with Crippen molar-refractivity contribution in [3.63, 3.8) is 0 Å². The molecule has 0 aliphatic heterocycles. The number of aliphatic hydroxyl groups is 2. The first kappa shape index (κ1) is 63.6. The van der Waals surface area contributed by atoms with E-state index < -0.39 is 12.1 Å². The van der Waals surface area contributed by atoms with Crippen LogP contribution in [0.25, 0.3) is 0 Å². The Morgan fingerprint density at radius 2 is 0.723 bits per heavy atom. The lowest BCUT2D eigenvalue weighted by Gasteiger charge is -2.22. The summed E-state index contributed by atoms with van der Waals surface area (Å²) in [5.74, 6) is -0.0402. The highest BCUT2D eigenvalue weighted by atomic mass is 16.5. The third kappa shape index (κ3) is 51.8. The molecule has 0 aliphatic rings. The number of hydrogen-bond donors (Lipinski definition) is 3. The molecule has 0 aromatic heterocycles. The third-order valence-corrected chi connectivity index (χ3v) is 13.8. The topological polar surface area (TPSA) is 95.9 Å². The van der Waals surface area contributed by atoms with Crippen molar-refractivity contribution in [2.75, 3.05) is 13.2 Å². The SMILES string of the molecule is CCCCCCC/C=C\CCCCCCCC(=O)OCCCCCCCCCCCCCCCCCCCC(=O)NC(CO)C(O)CCCCCCCCCCCCCCCCCCC. The molecule has 1 amide bonds. The molecule has 0 radical (unpaired) electrons. The van der Waals surface area contributed by atoms with Crippen molar-refractivity contribution in [3.8, 4) is 0 Å². The molecule has 0 saturated carbocycles. The molecule has 0 aromatic rings. The Kier molecular flexibility index (Phi) is 54.0. The monoisotopic (exact) mass is 918 g/mol. The number of ether oxygens (including phenoxy) is 1. The van der Waals surface area contributed by atoms with Crippen LogP contribution < -0.4 is 5.32 Å². The highest BCUT2D eigenvalue weighted by Crippen LogP contribution is 2.18. The lowest BCUT2D eigenvalue weighted by Crippen LogP contribution is -2.45. The Morgan fingerprint density at radius 3 is 1.09 bits per heavy atom. The average Bonchev–Trinajstić information content (AvgIpc) is 3.31. The van der Waals surface area contributed by atoms with Crippen LogP contribution in [0.2, 0.25) is 0 Å². The molecule has 0 spiro atoms. The maximum atomic E-state index is 12.5. The van der Waals surface area contributed by atoms with Crippen molar-refractivity contribution in [3.05, 3.63) is 12.2 Å². The first-order valence-electron chi connectivity index (χ1n) is 29.4. The van der Waals surface area contributed by atoms with Crippen molar-refractivity contribution >= 4 is 11.9 Å². The van der Waals surface area contributed by atoms with Gasteiger partial charge >= 0.3 is 5.97 Å². The molecule has 6 nitrogen and oxygen atoms in total. The molecule has 386 valence electrons. The number of aliphatic hydroxyl groups excluding tert-OH is 2. The molecule has 0 heterocycles. The lowest BCUT2D eigenvalue weighted by atomic mass is 10.0. The summed E-state index contributed by atoms with van der Waals surface area (Å²) in [4.78, 5) is 24.5. The van der Waals surface area contributed by atoms with Gasteiger partial charge in [0, 0.05) is 12.8 Å². The van der Waals surface area contributed by atoms with Gasteiger partial charge < -0.3 is 20.3 Å². The Hall–Kier alpha value is -1.40. The van der Waals surface area contributed by atoms with E-state index >= 15 is 0 Å². The van der Waals surface area contributed by atoms with Crippen molar-refractivity contribution in [2.45, 2.75) is 341 Å². The third-order valence-electron chi connectivity index (χ3n) is 13.8. The zero-order valence-corrected chi connectivity index (χ0v) is 44.0. The number of rotatable bonds is 55. The van der Waals surface area contributed by atoms with Crippen molar-refractivity contribution in [2.24, 2.45) is 0 Å². The fourth-order valence-corrected chi connectivity index (χ4v) is 9.28. The van der Waals surface area contributed by atoms with Crippen molar-refractivity contribution in [1.82, 2.24) is 5.32 Å². The van der Waals surface area contributed by atoms with Crippen LogP contribution in [0.5, 0.6) is 0 Å². The van der Waals surface area contributed by atoms with E-state index in [9.17, 15) is 19.8 Å². The molecule has 65 heavy (non-hydrogen) atoms. The van der Waals surface area contributed by atoms with Crippen LogP contribution in [-0.4, -0.2) is 47.4 Å². The summed E-state index contributed by atoms with van der Waals surface area (Å²) in [6, 6.07) is -0.545. The van der Waals surface area contributed by atoms with Gasteiger partial charge in [-0.2, -0.15) is 0 Å². The van der Waals surface area contributed by atoms with E-state index in [4.69, 9.17) is 4.74 Å². The van der Waals surface area contributed by atoms with Gasteiger partial charge in [-0.05, 0) is 51.4 Å². The molecule has 2 unspecified atom stereocenters. The van der Waals surface area contributed by atoms with E-state index in [0.717, 1.165) is 44.9 Å². The quantitative estimate of drug-likeness (QED) is 0.0321. The summed E-state index contributed by atoms with van der Waals surface area (Å²) < 4.78 is 5.47. The van der Waals surface area contributed by atoms with E-state index in [2.05, 4.69) is 31.3 Å². The zero-order chi connectivity index (χ0) is 47.2. The maximum absolute atomic E-state index is 12.5. The fraction of sp³-hybridized carbons (Fsp3) is 0.932. The summed E-state index contributed by atoms with van der Waals surface area (Å²) in [6.07, 6.45) is 64.8. The number of hydrogen-bond acceptors (Lipinski definition) is 5. The Bertz CT molecular complexity index is 970. The van der Waals surface area contributed by atoms with Crippen LogP contribution in [-0.2, 0) is 14.3 Å². The largest absolute Gasteiger partial charge is 0.466 e. The molecule has 2 atom stereocenters. The van der Waals surface area contributed by atoms with Gasteiger partial charge in [-0.3, -0.25) is 9.59 Å². The zero-order valence-electron chi connectivity index (χ0n) is 44.0. The standard InChI is InChI=1S/C59H115NO5/c1-3-5-7-9-11-13-15-17-19-21-24-27-31-35-39-43-47-51-57(62)56(55-61)60-58(63)52-48-44-40-36-32-28-25-22-20-23-26-30-34-38-42-46-50-54-65-59(64)53-49-45-41-37-33-29-18-16-14-12-10-8-6-4-2/h16,18,56-57,61-62H,3-15,17,19-55H2,1-2H3,(H,60,63)/b18-16-. The van der Waals surface area contributed by atoms with Crippen LogP contribution >= 0.6 is 0 Å². The maximum Gasteiger partial charge on any atom is 0.305 e. The Morgan fingerprint density at radius 1 is 0.415 bits per heavy atom. The summed E-state index contributed by atoms with van der Waals surface area (Å²) in [7, 11) is 0. The summed E-state index contributed by atoms with van der Waals surface area (Å²) >= 11 is 0. The second-order valence-electron chi connectivity index (χ2n) is 20.3. The van der Waals surface area contributed by atoms with E-state index in [0.29, 0.717) is 25.9 Å². The van der Waals surface area contributed by atoms with E-state index in [1.807, 2.05) is 0 Å². The van der Waals surface area contributed by atoms with Gasteiger partial charge in [0.1, 0.15) is 0 Å². The van der Waals surface area contributed by atoms with Gasteiger partial charge in [0.15, 0.2) is 0 Å². The number of esters is 1. The predicted molar refractivity (Wildman–Crippen MR) is 283 cm³/mol. The summed E-state index contributed by atoms with van der Waals surface area (Å²) in [5, 5.41) is 23.3. The smallest absolute Gasteiger partial charge is 0.305 e. The Balaban J connectivity index is 3.41. The highest BCUT2D eigenvalue weighted by molar-refractivity contribution is 5.76. The fourth-order valence-electron chi connectivity index (χ4n) is 9.28. The van der Waals surface area contributed by atoms with E-state index in [1.165, 1.54) is 250 Å². The van der Waals surface area contributed by atoms with E-state index in [-0.39, 0.29) is 18.5 Å². The minimum atomic E-state index is -0.667. The first-order valence-corrected chi connectivity index (χ1v) is 29.4. The molecule has 0 rings (SSSR count). The predicted octanol–water partition coefficient (Wildman–Crippen LogP) is 18.1. The second-order valence-corrected chi connectivity index (χ2v) is 20.3. The average molecular weight is 919 g/mol. The van der Waals surface area contributed by atoms with Gasteiger partial charge in [0.05, 0.1) is 25.4 Å². The van der Waals surface area contributed by atoms with Gasteiger partial charge in [0.2, 0.25) is 5.91 Å². The van der Waals surface area contributed by atoms with Crippen LogP contribution in [0.1, 0.15) is 328 Å². The molecular formula is C59H115NO5. The van der Waals surface area contributed by atoms with Gasteiger partial charge in [-0.15, -0.1) is 0 Å².